The highest BCUT2D eigenvalue weighted by Gasteiger charge is 2.17. The Kier molecular flexibility index (Phi) is 5.61. The molecule has 106 valence electrons. The van der Waals surface area contributed by atoms with Crippen molar-refractivity contribution in [2.75, 3.05) is 26.2 Å². The second-order valence-electron chi connectivity index (χ2n) is 5.28. The summed E-state index contributed by atoms with van der Waals surface area (Å²) in [5, 5.41) is 3.89. The minimum atomic E-state index is -0.201. The van der Waals surface area contributed by atoms with Gasteiger partial charge in [-0.25, -0.2) is 4.39 Å². The van der Waals surface area contributed by atoms with E-state index >= 15 is 0 Å². The first kappa shape index (κ1) is 14.8. The predicted octanol–water partition coefficient (Wildman–Crippen LogP) is 3.30. The molecule has 1 aromatic carbocycles. The van der Waals surface area contributed by atoms with Crippen LogP contribution in [0.3, 0.4) is 0 Å². The Hall–Kier alpha value is -0.640. The van der Waals surface area contributed by atoms with Crippen molar-refractivity contribution in [2.24, 2.45) is 5.92 Å². The van der Waals surface area contributed by atoms with E-state index in [1.165, 1.54) is 18.9 Å². The minimum absolute atomic E-state index is 0.201. The van der Waals surface area contributed by atoms with Gasteiger partial charge in [-0.2, -0.15) is 0 Å². The van der Waals surface area contributed by atoms with Crippen molar-refractivity contribution in [2.45, 2.75) is 26.3 Å². The van der Waals surface area contributed by atoms with E-state index in [-0.39, 0.29) is 5.82 Å². The summed E-state index contributed by atoms with van der Waals surface area (Å²) >= 11 is 5.78. The van der Waals surface area contributed by atoms with Crippen LogP contribution in [0.1, 0.15) is 25.3 Å². The third kappa shape index (κ3) is 4.44. The van der Waals surface area contributed by atoms with Crippen LogP contribution in [0.2, 0.25) is 5.02 Å². The van der Waals surface area contributed by atoms with Gasteiger partial charge in [-0.1, -0.05) is 24.6 Å². The molecule has 19 heavy (non-hydrogen) atoms. The number of nitrogens with one attached hydrogen (secondary N) is 1. The second-order valence-corrected chi connectivity index (χ2v) is 5.71. The van der Waals surface area contributed by atoms with E-state index in [1.807, 2.05) is 0 Å². The first-order valence-corrected chi connectivity index (χ1v) is 7.44. The first-order valence-electron chi connectivity index (χ1n) is 7.06. The van der Waals surface area contributed by atoms with Crippen molar-refractivity contribution in [1.82, 2.24) is 10.2 Å². The Labute approximate surface area is 119 Å². The summed E-state index contributed by atoms with van der Waals surface area (Å²) < 4.78 is 13.8. The summed E-state index contributed by atoms with van der Waals surface area (Å²) in [6.45, 7) is 6.98. The van der Waals surface area contributed by atoms with Crippen molar-refractivity contribution in [3.05, 3.63) is 34.6 Å². The lowest BCUT2D eigenvalue weighted by Gasteiger charge is -2.29. The molecule has 0 aliphatic carbocycles. The Balaban J connectivity index is 1.94. The van der Waals surface area contributed by atoms with Crippen LogP contribution in [-0.4, -0.2) is 31.1 Å². The van der Waals surface area contributed by atoms with Crippen LogP contribution in [-0.2, 0) is 6.54 Å². The van der Waals surface area contributed by atoms with Gasteiger partial charge in [-0.3, -0.25) is 4.90 Å². The maximum absolute atomic E-state index is 13.8. The molecule has 1 aromatic rings. The molecule has 1 saturated heterocycles. The van der Waals surface area contributed by atoms with Gasteiger partial charge >= 0.3 is 0 Å². The molecule has 2 nitrogen and oxygen atoms in total. The predicted molar refractivity (Wildman–Crippen MR) is 78.0 cm³/mol. The number of rotatable bonds is 5. The normalized spacial score (nSPS) is 19.9. The lowest BCUT2D eigenvalue weighted by Crippen LogP contribution is -2.38. The molecule has 0 bridgehead atoms. The minimum Gasteiger partial charge on any atom is -0.316 e. The SMILES string of the molecule is CCN(Cc1ccc(Cl)cc1F)CC1CCCNC1. The average molecular weight is 285 g/mol. The van der Waals surface area contributed by atoms with E-state index in [0.717, 1.165) is 31.7 Å². The summed E-state index contributed by atoms with van der Waals surface area (Å²) in [6.07, 6.45) is 2.52. The Bertz CT molecular complexity index is 405. The molecule has 1 fully saturated rings. The van der Waals surface area contributed by atoms with Gasteiger partial charge in [-0.05, 0) is 50.5 Å². The van der Waals surface area contributed by atoms with Crippen LogP contribution in [0.25, 0.3) is 0 Å². The Morgan fingerprint density at radius 2 is 2.32 bits per heavy atom. The van der Waals surface area contributed by atoms with Crippen molar-refractivity contribution in [3.8, 4) is 0 Å². The first-order chi connectivity index (χ1) is 9.19. The third-order valence-electron chi connectivity index (χ3n) is 3.77. The highest BCUT2D eigenvalue weighted by molar-refractivity contribution is 6.30. The van der Waals surface area contributed by atoms with Gasteiger partial charge < -0.3 is 5.32 Å². The van der Waals surface area contributed by atoms with Crippen molar-refractivity contribution in [3.63, 3.8) is 0 Å². The lowest BCUT2D eigenvalue weighted by atomic mass is 9.99. The summed E-state index contributed by atoms with van der Waals surface area (Å²) in [5.74, 6) is 0.483. The highest BCUT2D eigenvalue weighted by Crippen LogP contribution is 2.18. The molecule has 0 aromatic heterocycles. The van der Waals surface area contributed by atoms with E-state index in [1.54, 1.807) is 12.1 Å². The molecule has 1 aliphatic heterocycles. The summed E-state index contributed by atoms with van der Waals surface area (Å²) in [5.41, 5.74) is 0.731. The highest BCUT2D eigenvalue weighted by atomic mass is 35.5. The fourth-order valence-electron chi connectivity index (χ4n) is 2.64. The van der Waals surface area contributed by atoms with Crippen LogP contribution < -0.4 is 5.32 Å². The maximum Gasteiger partial charge on any atom is 0.129 e. The second kappa shape index (κ2) is 7.22. The van der Waals surface area contributed by atoms with Crippen LogP contribution in [0.4, 0.5) is 4.39 Å². The molecule has 1 aliphatic rings. The number of benzene rings is 1. The summed E-state index contributed by atoms with van der Waals surface area (Å²) in [6, 6.07) is 4.95. The molecule has 0 spiro atoms. The molecular formula is C15H22ClFN2. The number of hydrogen-bond acceptors (Lipinski definition) is 2. The molecule has 1 N–H and O–H groups in total. The zero-order chi connectivity index (χ0) is 13.7. The van der Waals surface area contributed by atoms with Gasteiger partial charge in [0.2, 0.25) is 0 Å². The van der Waals surface area contributed by atoms with E-state index in [4.69, 9.17) is 11.6 Å². The van der Waals surface area contributed by atoms with Gasteiger partial charge in [0.1, 0.15) is 5.82 Å². The van der Waals surface area contributed by atoms with E-state index < -0.39 is 0 Å². The van der Waals surface area contributed by atoms with Gasteiger partial charge in [-0.15, -0.1) is 0 Å². The molecule has 4 heteroatoms. The summed E-state index contributed by atoms with van der Waals surface area (Å²) in [4.78, 5) is 2.31. The van der Waals surface area contributed by atoms with Gasteiger partial charge in [0.25, 0.3) is 0 Å². The van der Waals surface area contributed by atoms with Crippen molar-refractivity contribution < 1.29 is 4.39 Å². The average Bonchev–Trinajstić information content (AvgIpc) is 2.42. The molecule has 0 radical (unpaired) electrons. The van der Waals surface area contributed by atoms with Crippen LogP contribution in [0.15, 0.2) is 18.2 Å². The molecule has 0 amide bonds. The molecule has 2 rings (SSSR count). The Morgan fingerprint density at radius 3 is 2.95 bits per heavy atom. The fraction of sp³-hybridized carbons (Fsp3) is 0.600. The van der Waals surface area contributed by atoms with Crippen LogP contribution in [0.5, 0.6) is 0 Å². The number of halogens is 2. The van der Waals surface area contributed by atoms with Gasteiger partial charge in [0.15, 0.2) is 0 Å². The zero-order valence-electron chi connectivity index (χ0n) is 11.5. The van der Waals surface area contributed by atoms with Crippen molar-refractivity contribution >= 4 is 11.6 Å². The van der Waals surface area contributed by atoms with E-state index in [9.17, 15) is 4.39 Å². The van der Waals surface area contributed by atoms with Gasteiger partial charge in [0, 0.05) is 23.7 Å². The molecule has 1 heterocycles. The smallest absolute Gasteiger partial charge is 0.129 e. The topological polar surface area (TPSA) is 15.3 Å². The quantitative estimate of drug-likeness (QED) is 0.892. The molecular weight excluding hydrogens is 263 g/mol. The maximum atomic E-state index is 13.8. The molecule has 1 unspecified atom stereocenters. The van der Waals surface area contributed by atoms with Crippen molar-refractivity contribution in [1.29, 1.82) is 0 Å². The molecule has 1 atom stereocenters. The third-order valence-corrected chi connectivity index (χ3v) is 4.01. The van der Waals surface area contributed by atoms with Gasteiger partial charge in [0.05, 0.1) is 0 Å². The number of hydrogen-bond donors (Lipinski definition) is 1. The van der Waals surface area contributed by atoms with E-state index in [2.05, 4.69) is 17.1 Å². The van der Waals surface area contributed by atoms with E-state index in [0.29, 0.717) is 17.5 Å². The van der Waals surface area contributed by atoms with Crippen LogP contribution in [0, 0.1) is 11.7 Å². The Morgan fingerprint density at radius 1 is 1.47 bits per heavy atom. The summed E-state index contributed by atoms with van der Waals surface area (Å²) in [7, 11) is 0. The molecule has 0 saturated carbocycles. The number of nitrogens with zero attached hydrogens (tertiary/aromatic N) is 1. The fourth-order valence-corrected chi connectivity index (χ4v) is 2.80. The van der Waals surface area contributed by atoms with Crippen LogP contribution >= 0.6 is 11.6 Å². The monoisotopic (exact) mass is 284 g/mol. The lowest BCUT2D eigenvalue weighted by molar-refractivity contribution is 0.207. The largest absolute Gasteiger partial charge is 0.316 e. The zero-order valence-corrected chi connectivity index (χ0v) is 12.2. The standard InChI is InChI=1S/C15H22ClFN2/c1-2-19(10-12-4-3-7-18-9-12)11-13-5-6-14(16)8-15(13)17/h5-6,8,12,18H,2-4,7,9-11H2,1H3. The number of piperidine rings is 1.